The molecular formula is C25H48O6. The van der Waals surface area contributed by atoms with Crippen LogP contribution in [0.25, 0.3) is 0 Å². The maximum absolute atomic E-state index is 11.5. The van der Waals surface area contributed by atoms with Gasteiger partial charge in [-0.15, -0.1) is 0 Å². The fourth-order valence-corrected chi connectivity index (χ4v) is 3.37. The van der Waals surface area contributed by atoms with Crippen molar-refractivity contribution in [3.8, 4) is 0 Å². The number of ether oxygens (including phenoxy) is 4. The van der Waals surface area contributed by atoms with Crippen molar-refractivity contribution in [1.82, 2.24) is 0 Å². The molecule has 0 spiro atoms. The summed E-state index contributed by atoms with van der Waals surface area (Å²) in [5.74, 6) is -1.87. The van der Waals surface area contributed by atoms with E-state index in [0.29, 0.717) is 13.2 Å². The average Bonchev–Trinajstić information content (AvgIpc) is 2.77. The number of unbranched alkanes of at least 4 members (excludes halogenated alkanes) is 15. The van der Waals surface area contributed by atoms with Gasteiger partial charge in [0, 0.05) is 7.11 Å². The lowest BCUT2D eigenvalue weighted by Crippen LogP contribution is -2.22. The van der Waals surface area contributed by atoms with Gasteiger partial charge in [-0.05, 0) is 6.42 Å². The highest BCUT2D eigenvalue weighted by molar-refractivity contribution is 6.29. The van der Waals surface area contributed by atoms with Crippen LogP contribution >= 0.6 is 0 Å². The highest BCUT2D eigenvalue weighted by Crippen LogP contribution is 2.13. The lowest BCUT2D eigenvalue weighted by Gasteiger charge is -2.06. The molecule has 0 aliphatic rings. The lowest BCUT2D eigenvalue weighted by atomic mass is 10.0. The Kier molecular flexibility index (Phi) is 24.2. The molecule has 0 radical (unpaired) electrons. The molecule has 0 aromatic rings. The van der Waals surface area contributed by atoms with Crippen LogP contribution in [0.4, 0.5) is 0 Å². The third kappa shape index (κ3) is 23.4. The molecule has 0 aliphatic carbocycles. The normalized spacial score (nSPS) is 10.9. The number of esters is 2. The van der Waals surface area contributed by atoms with Crippen LogP contribution in [0.3, 0.4) is 0 Å². The molecule has 0 unspecified atom stereocenters. The van der Waals surface area contributed by atoms with E-state index in [1.807, 2.05) is 0 Å². The van der Waals surface area contributed by atoms with Crippen LogP contribution in [-0.2, 0) is 28.5 Å². The Labute approximate surface area is 190 Å². The Balaban J connectivity index is 3.24. The highest BCUT2D eigenvalue weighted by Gasteiger charge is 2.16. The SMILES string of the molecule is CCCCCCCCCCCCCCCCCCOC(=O)C(=O)OCCOCCOC. The fraction of sp³-hybridized carbons (Fsp3) is 0.920. The van der Waals surface area contributed by atoms with E-state index in [2.05, 4.69) is 6.92 Å². The van der Waals surface area contributed by atoms with E-state index in [1.54, 1.807) is 7.11 Å². The summed E-state index contributed by atoms with van der Waals surface area (Å²) in [5.41, 5.74) is 0. The topological polar surface area (TPSA) is 71.1 Å². The molecule has 6 nitrogen and oxygen atoms in total. The third-order valence-electron chi connectivity index (χ3n) is 5.29. The van der Waals surface area contributed by atoms with E-state index in [0.717, 1.165) is 19.3 Å². The summed E-state index contributed by atoms with van der Waals surface area (Å²) in [6.45, 7) is 3.73. The Morgan fingerprint density at radius 2 is 0.871 bits per heavy atom. The Morgan fingerprint density at radius 3 is 1.32 bits per heavy atom. The van der Waals surface area contributed by atoms with Crippen molar-refractivity contribution in [2.45, 2.75) is 110 Å². The van der Waals surface area contributed by atoms with E-state index in [-0.39, 0.29) is 19.8 Å². The first-order valence-corrected chi connectivity index (χ1v) is 12.6. The zero-order valence-corrected chi connectivity index (χ0v) is 20.3. The zero-order valence-electron chi connectivity index (χ0n) is 20.3. The van der Waals surface area contributed by atoms with Crippen molar-refractivity contribution >= 4 is 11.9 Å². The second kappa shape index (κ2) is 25.1. The van der Waals surface area contributed by atoms with Crippen LogP contribution in [0.15, 0.2) is 0 Å². The minimum atomic E-state index is -0.952. The highest BCUT2D eigenvalue weighted by atomic mass is 16.6. The van der Waals surface area contributed by atoms with E-state index in [4.69, 9.17) is 18.9 Å². The molecule has 0 aliphatic heterocycles. The summed E-state index contributed by atoms with van der Waals surface area (Å²) in [4.78, 5) is 23.0. The van der Waals surface area contributed by atoms with Crippen molar-refractivity contribution in [2.24, 2.45) is 0 Å². The number of methoxy groups -OCH3 is 1. The molecule has 6 heteroatoms. The molecule has 0 amide bonds. The lowest BCUT2D eigenvalue weighted by molar-refractivity contribution is -0.168. The van der Waals surface area contributed by atoms with Crippen molar-refractivity contribution < 1.29 is 28.5 Å². The van der Waals surface area contributed by atoms with Gasteiger partial charge in [-0.1, -0.05) is 103 Å². The first-order chi connectivity index (χ1) is 15.2. The Morgan fingerprint density at radius 1 is 0.484 bits per heavy atom. The van der Waals surface area contributed by atoms with E-state index in [1.165, 1.54) is 83.5 Å². The molecule has 0 aromatic carbocycles. The van der Waals surface area contributed by atoms with Crippen LogP contribution in [-0.4, -0.2) is 52.1 Å². The van der Waals surface area contributed by atoms with Gasteiger partial charge in [0.05, 0.1) is 26.4 Å². The van der Waals surface area contributed by atoms with Crippen LogP contribution in [0.2, 0.25) is 0 Å². The summed E-state index contributed by atoms with van der Waals surface area (Å²) in [5, 5.41) is 0. The quantitative estimate of drug-likeness (QED) is 0.109. The number of rotatable bonds is 23. The number of hydrogen-bond acceptors (Lipinski definition) is 6. The first-order valence-electron chi connectivity index (χ1n) is 12.6. The molecular weight excluding hydrogens is 396 g/mol. The summed E-state index contributed by atoms with van der Waals surface area (Å²) in [6.07, 6.45) is 20.7. The number of carbonyl (C=O) groups is 2. The van der Waals surface area contributed by atoms with Crippen molar-refractivity contribution in [1.29, 1.82) is 0 Å². The second-order valence-electron chi connectivity index (χ2n) is 8.18. The van der Waals surface area contributed by atoms with Crippen molar-refractivity contribution in [2.75, 3.05) is 40.1 Å². The molecule has 0 atom stereocenters. The second-order valence-corrected chi connectivity index (χ2v) is 8.18. The minimum absolute atomic E-state index is 0.0384. The van der Waals surface area contributed by atoms with Gasteiger partial charge in [-0.25, -0.2) is 9.59 Å². The molecule has 0 saturated heterocycles. The molecule has 31 heavy (non-hydrogen) atoms. The summed E-state index contributed by atoms with van der Waals surface area (Å²) in [7, 11) is 1.58. The van der Waals surface area contributed by atoms with Gasteiger partial charge < -0.3 is 18.9 Å². The van der Waals surface area contributed by atoms with Crippen LogP contribution in [0.1, 0.15) is 110 Å². The van der Waals surface area contributed by atoms with Gasteiger partial charge >= 0.3 is 11.9 Å². The van der Waals surface area contributed by atoms with E-state index >= 15 is 0 Å². The number of hydrogen-bond donors (Lipinski definition) is 0. The molecule has 184 valence electrons. The predicted octanol–water partition coefficient (Wildman–Crippen LogP) is 6.00. The van der Waals surface area contributed by atoms with E-state index in [9.17, 15) is 9.59 Å². The standard InChI is InChI=1S/C25H48O6/c1-3-4-5-6-7-8-9-10-11-12-13-14-15-16-17-18-19-30-24(26)25(27)31-23-22-29-21-20-28-2/h3-23H2,1-2H3. The van der Waals surface area contributed by atoms with Gasteiger partial charge in [0.1, 0.15) is 6.61 Å². The molecule has 0 rings (SSSR count). The van der Waals surface area contributed by atoms with Gasteiger partial charge in [0.15, 0.2) is 0 Å². The van der Waals surface area contributed by atoms with Crippen LogP contribution < -0.4 is 0 Å². The monoisotopic (exact) mass is 444 g/mol. The summed E-state index contributed by atoms with van der Waals surface area (Å²) in [6, 6.07) is 0. The Bertz CT molecular complexity index is 399. The smallest absolute Gasteiger partial charge is 0.417 e. The van der Waals surface area contributed by atoms with Gasteiger partial charge in [0.25, 0.3) is 0 Å². The largest absolute Gasteiger partial charge is 0.457 e. The van der Waals surface area contributed by atoms with Crippen LogP contribution in [0, 0.1) is 0 Å². The zero-order chi connectivity index (χ0) is 22.8. The predicted molar refractivity (Wildman–Crippen MR) is 124 cm³/mol. The van der Waals surface area contributed by atoms with Crippen LogP contribution in [0.5, 0.6) is 0 Å². The minimum Gasteiger partial charge on any atom is -0.457 e. The van der Waals surface area contributed by atoms with E-state index < -0.39 is 11.9 Å². The third-order valence-corrected chi connectivity index (χ3v) is 5.29. The molecule has 0 aromatic heterocycles. The Hall–Kier alpha value is -1.14. The molecule has 0 bridgehead atoms. The van der Waals surface area contributed by atoms with Crippen molar-refractivity contribution in [3.05, 3.63) is 0 Å². The fourth-order valence-electron chi connectivity index (χ4n) is 3.37. The van der Waals surface area contributed by atoms with Gasteiger partial charge in [-0.3, -0.25) is 0 Å². The molecule has 0 fully saturated rings. The maximum atomic E-state index is 11.5. The average molecular weight is 445 g/mol. The summed E-state index contributed by atoms with van der Waals surface area (Å²) < 4.78 is 19.7. The van der Waals surface area contributed by atoms with Gasteiger partial charge in [-0.2, -0.15) is 0 Å². The van der Waals surface area contributed by atoms with Crippen molar-refractivity contribution in [3.63, 3.8) is 0 Å². The maximum Gasteiger partial charge on any atom is 0.417 e. The summed E-state index contributed by atoms with van der Waals surface area (Å²) >= 11 is 0. The van der Waals surface area contributed by atoms with Gasteiger partial charge in [0.2, 0.25) is 0 Å². The molecule has 0 heterocycles. The number of carbonyl (C=O) groups excluding carboxylic acids is 2. The molecule has 0 saturated carbocycles. The molecule has 0 N–H and O–H groups in total. The first kappa shape index (κ1) is 29.9.